The van der Waals surface area contributed by atoms with E-state index in [0.717, 1.165) is 5.56 Å². The number of carbonyl (C=O) groups excluding carboxylic acids is 1. The van der Waals surface area contributed by atoms with Crippen LogP contribution in [0.2, 0.25) is 0 Å². The maximum Gasteiger partial charge on any atom is 0.336 e. The summed E-state index contributed by atoms with van der Waals surface area (Å²) < 4.78 is 5.08. The molecule has 3 rings (SSSR count). The Kier molecular flexibility index (Phi) is 2.84. The van der Waals surface area contributed by atoms with Crippen LogP contribution in [-0.2, 0) is 0 Å². The van der Waals surface area contributed by atoms with Gasteiger partial charge < -0.3 is 9.52 Å². The van der Waals surface area contributed by atoms with Gasteiger partial charge in [-0.25, -0.2) is 4.79 Å². The van der Waals surface area contributed by atoms with E-state index >= 15 is 0 Å². The summed E-state index contributed by atoms with van der Waals surface area (Å²) in [5, 5.41) is 10.3. The normalized spacial score (nSPS) is 10.6. The molecular weight excluding hydrogens is 256 g/mol. The second-order valence-corrected chi connectivity index (χ2v) is 4.34. The van der Waals surface area contributed by atoms with Gasteiger partial charge >= 0.3 is 5.63 Å². The van der Waals surface area contributed by atoms with Gasteiger partial charge in [0.1, 0.15) is 5.75 Å². The van der Waals surface area contributed by atoms with Gasteiger partial charge in [0.25, 0.3) is 0 Å². The Morgan fingerprint density at radius 3 is 2.50 bits per heavy atom. The van der Waals surface area contributed by atoms with Crippen LogP contribution in [0, 0.1) is 0 Å². The Morgan fingerprint density at radius 1 is 1.05 bits per heavy atom. The molecule has 1 aromatic heterocycles. The largest absolute Gasteiger partial charge is 0.507 e. The molecule has 1 N–H and O–H groups in total. The molecule has 0 spiro atoms. The van der Waals surface area contributed by atoms with Crippen LogP contribution in [0.3, 0.4) is 0 Å². The minimum absolute atomic E-state index is 0.0163. The molecule has 20 heavy (non-hydrogen) atoms. The van der Waals surface area contributed by atoms with Crippen molar-refractivity contribution in [1.29, 1.82) is 0 Å². The topological polar surface area (TPSA) is 67.5 Å². The molecule has 0 atom stereocenters. The molecule has 0 radical (unpaired) electrons. The van der Waals surface area contributed by atoms with Crippen molar-refractivity contribution in [1.82, 2.24) is 0 Å². The van der Waals surface area contributed by atoms with Gasteiger partial charge in [-0.15, -0.1) is 0 Å². The van der Waals surface area contributed by atoms with Crippen molar-refractivity contribution in [3.8, 4) is 16.9 Å². The molecule has 4 heteroatoms. The highest BCUT2D eigenvalue weighted by Crippen LogP contribution is 2.31. The van der Waals surface area contributed by atoms with Crippen molar-refractivity contribution in [2.45, 2.75) is 0 Å². The third-order valence-electron chi connectivity index (χ3n) is 3.13. The average molecular weight is 266 g/mol. The van der Waals surface area contributed by atoms with Crippen LogP contribution in [0.1, 0.15) is 10.4 Å². The molecule has 1 heterocycles. The molecule has 0 fully saturated rings. The van der Waals surface area contributed by atoms with Gasteiger partial charge in [0.15, 0.2) is 11.9 Å². The molecule has 98 valence electrons. The highest BCUT2D eigenvalue weighted by Gasteiger charge is 2.13. The van der Waals surface area contributed by atoms with Gasteiger partial charge in [0.05, 0.1) is 5.56 Å². The van der Waals surface area contributed by atoms with Crippen molar-refractivity contribution >= 4 is 17.3 Å². The first-order valence-corrected chi connectivity index (χ1v) is 6.01. The zero-order chi connectivity index (χ0) is 14.1. The molecule has 2 aromatic carbocycles. The van der Waals surface area contributed by atoms with Crippen molar-refractivity contribution in [2.24, 2.45) is 0 Å². The predicted molar refractivity (Wildman–Crippen MR) is 75.0 cm³/mol. The van der Waals surface area contributed by atoms with E-state index in [1.54, 1.807) is 6.07 Å². The number of hydrogen-bond donors (Lipinski definition) is 1. The Bertz CT molecular complexity index is 847. The minimum atomic E-state index is -0.565. The summed E-state index contributed by atoms with van der Waals surface area (Å²) in [4.78, 5) is 22.8. The van der Waals surface area contributed by atoms with Crippen molar-refractivity contribution in [3.63, 3.8) is 0 Å². The average Bonchev–Trinajstić information content (AvgIpc) is 2.47. The van der Waals surface area contributed by atoms with Crippen LogP contribution in [0.25, 0.3) is 22.1 Å². The lowest BCUT2D eigenvalue weighted by atomic mass is 10.00. The number of carbonyl (C=O) groups is 1. The van der Waals surface area contributed by atoms with E-state index in [0.29, 0.717) is 17.2 Å². The van der Waals surface area contributed by atoms with Gasteiger partial charge in [-0.2, -0.15) is 0 Å². The molecule has 0 amide bonds. The van der Waals surface area contributed by atoms with Gasteiger partial charge in [0.2, 0.25) is 0 Å². The summed E-state index contributed by atoms with van der Waals surface area (Å²) in [5.41, 5.74) is 1.03. The van der Waals surface area contributed by atoms with Crippen LogP contribution in [-0.4, -0.2) is 11.4 Å². The van der Waals surface area contributed by atoms with Crippen LogP contribution >= 0.6 is 0 Å². The summed E-state index contributed by atoms with van der Waals surface area (Å²) in [7, 11) is 0. The summed E-state index contributed by atoms with van der Waals surface area (Å²) >= 11 is 0. The maximum absolute atomic E-state index is 11.7. The van der Waals surface area contributed by atoms with Crippen LogP contribution in [0.4, 0.5) is 0 Å². The number of aromatic hydroxyl groups is 1. The molecule has 3 aromatic rings. The second-order valence-electron chi connectivity index (χ2n) is 4.34. The zero-order valence-corrected chi connectivity index (χ0v) is 10.4. The number of hydrogen-bond acceptors (Lipinski definition) is 4. The van der Waals surface area contributed by atoms with E-state index in [9.17, 15) is 14.7 Å². The number of benzene rings is 2. The SMILES string of the molecule is O=Cc1c(O)ccc2c(-c3ccccc3)cc(=O)oc12. The smallest absolute Gasteiger partial charge is 0.336 e. The summed E-state index contributed by atoms with van der Waals surface area (Å²) in [6.07, 6.45) is 0.482. The molecule has 0 bridgehead atoms. The van der Waals surface area contributed by atoms with Crippen molar-refractivity contribution in [2.75, 3.05) is 0 Å². The number of phenolic OH excluding ortho intramolecular Hbond substituents is 1. The highest BCUT2D eigenvalue weighted by atomic mass is 16.4. The molecule has 0 saturated heterocycles. The molecular formula is C16H10O4. The molecule has 0 aliphatic heterocycles. The van der Waals surface area contributed by atoms with Gasteiger partial charge in [0, 0.05) is 11.5 Å². The Balaban J connectivity index is 2.45. The first-order chi connectivity index (χ1) is 9.70. The van der Waals surface area contributed by atoms with E-state index in [1.165, 1.54) is 12.1 Å². The highest BCUT2D eigenvalue weighted by molar-refractivity contribution is 6.03. The minimum Gasteiger partial charge on any atom is -0.507 e. The fourth-order valence-electron chi connectivity index (χ4n) is 2.21. The summed E-state index contributed by atoms with van der Waals surface area (Å²) in [6, 6.07) is 13.7. The molecule has 0 unspecified atom stereocenters. The molecule has 0 saturated carbocycles. The van der Waals surface area contributed by atoms with Gasteiger partial charge in [-0.1, -0.05) is 30.3 Å². The summed E-state index contributed by atoms with van der Waals surface area (Å²) in [6.45, 7) is 0. The lowest BCUT2D eigenvalue weighted by Crippen LogP contribution is -2.00. The fourth-order valence-corrected chi connectivity index (χ4v) is 2.21. The quantitative estimate of drug-likeness (QED) is 0.572. The molecule has 0 aliphatic rings. The number of aldehydes is 1. The van der Waals surface area contributed by atoms with Gasteiger partial charge in [-0.3, -0.25) is 4.79 Å². The first-order valence-electron chi connectivity index (χ1n) is 6.01. The van der Waals surface area contributed by atoms with Crippen molar-refractivity contribution < 1.29 is 14.3 Å². The molecule has 0 aliphatic carbocycles. The Morgan fingerprint density at radius 2 is 1.80 bits per heavy atom. The van der Waals surface area contributed by atoms with Gasteiger partial charge in [-0.05, 0) is 23.3 Å². The third-order valence-corrected chi connectivity index (χ3v) is 3.13. The van der Waals surface area contributed by atoms with E-state index in [4.69, 9.17) is 4.42 Å². The van der Waals surface area contributed by atoms with E-state index in [-0.39, 0.29) is 16.9 Å². The van der Waals surface area contributed by atoms with E-state index in [1.807, 2.05) is 30.3 Å². The number of fused-ring (bicyclic) bond motifs is 1. The van der Waals surface area contributed by atoms with Crippen LogP contribution in [0.15, 0.2) is 57.7 Å². The third kappa shape index (κ3) is 1.87. The Labute approximate surface area is 113 Å². The van der Waals surface area contributed by atoms with Crippen LogP contribution in [0.5, 0.6) is 5.75 Å². The monoisotopic (exact) mass is 266 g/mol. The summed E-state index contributed by atoms with van der Waals surface area (Å²) in [5.74, 6) is -0.208. The number of rotatable bonds is 2. The number of phenols is 1. The molecule has 4 nitrogen and oxygen atoms in total. The van der Waals surface area contributed by atoms with E-state index < -0.39 is 5.63 Å². The predicted octanol–water partition coefficient (Wildman–Crippen LogP) is 2.98. The Hall–Kier alpha value is -2.88. The second kappa shape index (κ2) is 4.66. The van der Waals surface area contributed by atoms with Crippen molar-refractivity contribution in [3.05, 3.63) is 64.5 Å². The van der Waals surface area contributed by atoms with E-state index in [2.05, 4.69) is 0 Å². The zero-order valence-electron chi connectivity index (χ0n) is 10.4. The first kappa shape index (κ1) is 12.2. The fraction of sp³-hybridized carbons (Fsp3) is 0. The lowest BCUT2D eigenvalue weighted by molar-refractivity contribution is 0.112. The lowest BCUT2D eigenvalue weighted by Gasteiger charge is -2.07. The standard InChI is InChI=1S/C16H10O4/c17-9-13-14(18)7-6-11-12(8-15(19)20-16(11)13)10-4-2-1-3-5-10/h1-9,18H. The maximum atomic E-state index is 11.7. The van der Waals surface area contributed by atoms with Crippen LogP contribution < -0.4 is 5.63 Å².